The summed E-state index contributed by atoms with van der Waals surface area (Å²) in [5, 5.41) is 13.5. The summed E-state index contributed by atoms with van der Waals surface area (Å²) in [4.78, 5) is 25.8. The molecule has 6 rings (SSSR count). The highest BCUT2D eigenvalue weighted by Gasteiger charge is 2.22. The van der Waals surface area contributed by atoms with Crippen molar-refractivity contribution in [2.24, 2.45) is 7.05 Å². The van der Waals surface area contributed by atoms with Crippen LogP contribution in [0, 0.1) is 6.92 Å². The Morgan fingerprint density at radius 3 is 2.71 bits per heavy atom. The van der Waals surface area contributed by atoms with E-state index < -0.39 is 0 Å². The number of nitrogens with zero attached hydrogens (tertiary/aromatic N) is 7. The molecule has 1 atom stereocenters. The minimum absolute atomic E-state index is 0.122. The van der Waals surface area contributed by atoms with E-state index in [4.69, 9.17) is 5.10 Å². The lowest BCUT2D eigenvalue weighted by atomic mass is 10.1. The molecule has 0 saturated carbocycles. The van der Waals surface area contributed by atoms with Crippen LogP contribution in [0.4, 0.5) is 5.82 Å². The van der Waals surface area contributed by atoms with E-state index in [-0.39, 0.29) is 11.6 Å². The molecular formula is C25H23N9O. The summed E-state index contributed by atoms with van der Waals surface area (Å²) >= 11 is 0. The SMILES string of the molecule is Cc1ccn2nc([C@H](C)Nc3ncnc4[nH]cc(-c5cnn(C)c5)c34)n(-c3ccccc3)c(=O)c12. The van der Waals surface area contributed by atoms with E-state index in [0.717, 1.165) is 27.8 Å². The van der Waals surface area contributed by atoms with E-state index in [9.17, 15) is 4.79 Å². The number of nitrogens with one attached hydrogen (secondary N) is 2. The summed E-state index contributed by atoms with van der Waals surface area (Å²) in [6, 6.07) is 11.1. The number of anilines is 1. The summed E-state index contributed by atoms with van der Waals surface area (Å²) in [6.07, 6.45) is 8.97. The first-order valence-electron chi connectivity index (χ1n) is 11.2. The Morgan fingerprint density at radius 1 is 1.11 bits per heavy atom. The third-order valence-electron chi connectivity index (χ3n) is 6.15. The molecule has 0 unspecified atom stereocenters. The van der Waals surface area contributed by atoms with Crippen LogP contribution in [0.3, 0.4) is 0 Å². The highest BCUT2D eigenvalue weighted by atomic mass is 16.1. The number of benzene rings is 1. The van der Waals surface area contributed by atoms with Gasteiger partial charge in [0.25, 0.3) is 5.56 Å². The fraction of sp³-hybridized carbons (Fsp3) is 0.160. The average Bonchev–Trinajstić information content (AvgIpc) is 3.58. The maximum Gasteiger partial charge on any atom is 0.282 e. The van der Waals surface area contributed by atoms with Crippen molar-refractivity contribution < 1.29 is 0 Å². The highest BCUT2D eigenvalue weighted by Crippen LogP contribution is 2.33. The molecule has 0 bridgehead atoms. The maximum absolute atomic E-state index is 13.6. The van der Waals surface area contributed by atoms with Crippen molar-refractivity contribution in [1.82, 2.24) is 38.9 Å². The number of fused-ring (bicyclic) bond motifs is 2. The van der Waals surface area contributed by atoms with Gasteiger partial charge in [-0.05, 0) is 37.6 Å². The van der Waals surface area contributed by atoms with Gasteiger partial charge < -0.3 is 10.3 Å². The van der Waals surface area contributed by atoms with Crippen LogP contribution in [-0.4, -0.2) is 38.9 Å². The first kappa shape index (κ1) is 20.8. The zero-order valence-corrected chi connectivity index (χ0v) is 19.5. The number of rotatable bonds is 5. The molecule has 35 heavy (non-hydrogen) atoms. The minimum Gasteiger partial charge on any atom is -0.360 e. The Morgan fingerprint density at radius 2 is 1.94 bits per heavy atom. The number of para-hydroxylation sites is 1. The lowest BCUT2D eigenvalue weighted by molar-refractivity contribution is 0.673. The van der Waals surface area contributed by atoms with Gasteiger partial charge in [-0.2, -0.15) is 10.2 Å². The smallest absolute Gasteiger partial charge is 0.282 e. The molecule has 0 aliphatic rings. The predicted molar refractivity (Wildman–Crippen MR) is 134 cm³/mol. The lowest BCUT2D eigenvalue weighted by Gasteiger charge is -2.20. The Hall–Kier alpha value is -4.73. The number of aromatic nitrogens is 8. The molecule has 10 nitrogen and oxygen atoms in total. The molecule has 10 heteroatoms. The highest BCUT2D eigenvalue weighted by molar-refractivity contribution is 6.00. The molecule has 0 fully saturated rings. The molecule has 0 aliphatic carbocycles. The molecule has 0 spiro atoms. The first-order chi connectivity index (χ1) is 17.0. The second-order valence-electron chi connectivity index (χ2n) is 8.54. The van der Waals surface area contributed by atoms with Crippen molar-refractivity contribution in [1.29, 1.82) is 0 Å². The first-order valence-corrected chi connectivity index (χ1v) is 11.2. The van der Waals surface area contributed by atoms with Crippen LogP contribution in [0.25, 0.3) is 33.4 Å². The minimum atomic E-state index is -0.357. The Labute approximate surface area is 199 Å². The van der Waals surface area contributed by atoms with Crippen LogP contribution in [0.5, 0.6) is 0 Å². The lowest BCUT2D eigenvalue weighted by Crippen LogP contribution is -2.29. The van der Waals surface area contributed by atoms with E-state index in [0.29, 0.717) is 22.8 Å². The van der Waals surface area contributed by atoms with Crippen LogP contribution in [0.2, 0.25) is 0 Å². The normalized spacial score (nSPS) is 12.4. The summed E-state index contributed by atoms with van der Waals surface area (Å²) in [5.41, 5.74) is 4.66. The van der Waals surface area contributed by atoms with Gasteiger partial charge in [0.1, 0.15) is 23.3 Å². The van der Waals surface area contributed by atoms with E-state index in [2.05, 4.69) is 25.4 Å². The molecule has 5 heterocycles. The second-order valence-corrected chi connectivity index (χ2v) is 8.54. The van der Waals surface area contributed by atoms with Gasteiger partial charge >= 0.3 is 0 Å². The van der Waals surface area contributed by atoms with E-state index in [1.807, 2.05) is 75.9 Å². The van der Waals surface area contributed by atoms with E-state index >= 15 is 0 Å². The predicted octanol–water partition coefficient (Wildman–Crippen LogP) is 3.64. The largest absolute Gasteiger partial charge is 0.360 e. The van der Waals surface area contributed by atoms with Crippen molar-refractivity contribution in [3.8, 4) is 16.8 Å². The Kier molecular flexibility index (Phi) is 4.73. The Bertz CT molecular complexity index is 1740. The van der Waals surface area contributed by atoms with Crippen LogP contribution in [0.15, 0.2) is 72.3 Å². The van der Waals surface area contributed by atoms with Crippen molar-refractivity contribution in [2.45, 2.75) is 19.9 Å². The van der Waals surface area contributed by atoms with Crippen LogP contribution < -0.4 is 10.9 Å². The molecule has 0 saturated heterocycles. The summed E-state index contributed by atoms with van der Waals surface area (Å²) in [5.74, 6) is 1.20. The van der Waals surface area contributed by atoms with Crippen molar-refractivity contribution >= 4 is 22.4 Å². The second kappa shape index (κ2) is 7.94. The number of hydrogen-bond donors (Lipinski definition) is 2. The molecule has 0 amide bonds. The van der Waals surface area contributed by atoms with Gasteiger partial charge in [0, 0.05) is 36.8 Å². The van der Waals surface area contributed by atoms with Crippen molar-refractivity contribution in [2.75, 3.05) is 5.32 Å². The number of aromatic amines is 1. The average molecular weight is 466 g/mol. The van der Waals surface area contributed by atoms with E-state index in [1.165, 1.54) is 6.33 Å². The van der Waals surface area contributed by atoms with Crippen molar-refractivity contribution in [3.63, 3.8) is 0 Å². The zero-order valence-electron chi connectivity index (χ0n) is 19.5. The molecule has 1 aromatic carbocycles. The zero-order chi connectivity index (χ0) is 24.1. The summed E-state index contributed by atoms with van der Waals surface area (Å²) < 4.78 is 5.07. The number of H-pyrrole nitrogens is 1. The molecule has 5 aromatic heterocycles. The topological polar surface area (TPSA) is 111 Å². The molecule has 0 radical (unpaired) electrons. The molecular weight excluding hydrogens is 442 g/mol. The third-order valence-corrected chi connectivity index (χ3v) is 6.15. The molecule has 174 valence electrons. The van der Waals surface area contributed by atoms with E-state index in [1.54, 1.807) is 20.0 Å². The van der Waals surface area contributed by atoms with Crippen LogP contribution in [0.1, 0.15) is 24.4 Å². The van der Waals surface area contributed by atoms with Gasteiger partial charge in [-0.3, -0.25) is 14.0 Å². The Balaban J connectivity index is 1.50. The van der Waals surface area contributed by atoms with Crippen LogP contribution in [-0.2, 0) is 7.05 Å². The summed E-state index contributed by atoms with van der Waals surface area (Å²) in [7, 11) is 1.88. The van der Waals surface area contributed by atoms with Gasteiger partial charge in [0.2, 0.25) is 0 Å². The molecule has 2 N–H and O–H groups in total. The monoisotopic (exact) mass is 465 g/mol. The van der Waals surface area contributed by atoms with Crippen molar-refractivity contribution in [3.05, 3.63) is 89.3 Å². The molecule has 0 aliphatic heterocycles. The van der Waals surface area contributed by atoms with Gasteiger partial charge in [0.05, 0.1) is 23.3 Å². The number of aryl methyl sites for hydroxylation is 2. The fourth-order valence-corrected chi connectivity index (χ4v) is 4.47. The number of hydrogen-bond acceptors (Lipinski definition) is 6. The standard InChI is InChI=1S/C25H23N9O/c1-15-9-10-33-21(15)25(35)34(18-7-5-4-6-8-18)24(31-33)16(2)30-23-20-19(17-11-29-32(3)13-17)12-26-22(20)27-14-28-23/h4-14,16H,1-3H3,(H2,26,27,28,30)/t16-/m0/s1. The quantitative estimate of drug-likeness (QED) is 0.402. The fourth-order valence-electron chi connectivity index (χ4n) is 4.47. The van der Waals surface area contributed by atoms with Gasteiger partial charge in [-0.25, -0.2) is 14.5 Å². The maximum atomic E-state index is 13.6. The van der Waals surface area contributed by atoms with Gasteiger partial charge in [-0.15, -0.1) is 0 Å². The molecule has 6 aromatic rings. The van der Waals surface area contributed by atoms with Gasteiger partial charge in [0.15, 0.2) is 5.82 Å². The summed E-state index contributed by atoms with van der Waals surface area (Å²) in [6.45, 7) is 3.88. The van der Waals surface area contributed by atoms with Crippen LogP contribution >= 0.6 is 0 Å². The third kappa shape index (κ3) is 3.38. The van der Waals surface area contributed by atoms with Gasteiger partial charge in [-0.1, -0.05) is 18.2 Å².